The minimum Gasteiger partial charge on any atom is -0.480 e. The minimum atomic E-state index is -1.02. The molecule has 0 radical (unpaired) electrons. The number of aromatic nitrogens is 1. The second-order valence-electron chi connectivity index (χ2n) is 5.16. The number of carboxylic acid groups (broad SMARTS) is 1. The summed E-state index contributed by atoms with van der Waals surface area (Å²) >= 11 is 0. The van der Waals surface area contributed by atoms with E-state index in [1.165, 1.54) is 18.9 Å². The first-order valence-electron chi connectivity index (χ1n) is 6.41. The van der Waals surface area contributed by atoms with E-state index >= 15 is 0 Å². The number of carboxylic acids is 1. The second kappa shape index (κ2) is 5.00. The number of benzene rings is 1. The van der Waals surface area contributed by atoms with Crippen LogP contribution < -0.4 is 0 Å². The molecule has 0 aliphatic rings. The van der Waals surface area contributed by atoms with E-state index in [0.717, 1.165) is 22.0 Å². The minimum absolute atomic E-state index is 0.326. The number of hydrogen-bond acceptors (Lipinski definition) is 2. The number of rotatable bonds is 3. The predicted octanol–water partition coefficient (Wildman–Crippen LogP) is 2.33. The van der Waals surface area contributed by atoms with Gasteiger partial charge in [-0.25, -0.2) is 4.79 Å². The number of hydrogen-bond donors (Lipinski definition) is 2. The highest BCUT2D eigenvalue weighted by atomic mass is 16.4. The number of carbonyl (C=O) groups is 2. The molecule has 1 aromatic carbocycles. The molecule has 5 heteroatoms. The van der Waals surface area contributed by atoms with Crippen LogP contribution in [0.4, 0.5) is 0 Å². The Morgan fingerprint density at radius 2 is 1.90 bits per heavy atom. The number of aliphatic carboxylic acids is 1. The van der Waals surface area contributed by atoms with E-state index < -0.39 is 12.0 Å². The van der Waals surface area contributed by atoms with E-state index in [4.69, 9.17) is 5.11 Å². The number of aromatic amines is 1. The Labute approximate surface area is 117 Å². The number of aryl methyl sites for hydroxylation is 2. The molecule has 0 fully saturated rings. The van der Waals surface area contributed by atoms with Gasteiger partial charge in [-0.1, -0.05) is 6.07 Å². The molecule has 0 saturated heterocycles. The van der Waals surface area contributed by atoms with Crippen molar-refractivity contribution in [2.75, 3.05) is 7.05 Å². The Morgan fingerprint density at radius 3 is 2.50 bits per heavy atom. The van der Waals surface area contributed by atoms with Crippen LogP contribution in [0.2, 0.25) is 0 Å². The SMILES string of the molecule is Cc1cc(C)c2cc(C(=O)N(C)C(C)C(=O)O)[nH]c2c1. The smallest absolute Gasteiger partial charge is 0.326 e. The van der Waals surface area contributed by atoms with Crippen molar-refractivity contribution in [3.8, 4) is 0 Å². The maximum absolute atomic E-state index is 12.3. The molecule has 0 aliphatic carbocycles. The maximum atomic E-state index is 12.3. The van der Waals surface area contributed by atoms with Crippen LogP contribution in [-0.2, 0) is 4.79 Å². The Bertz CT molecular complexity index is 688. The molecule has 0 saturated carbocycles. The fourth-order valence-electron chi connectivity index (χ4n) is 2.25. The molecule has 2 aromatic rings. The summed E-state index contributed by atoms with van der Waals surface area (Å²) in [5.41, 5.74) is 3.50. The van der Waals surface area contributed by atoms with Gasteiger partial charge in [0.2, 0.25) is 0 Å². The largest absolute Gasteiger partial charge is 0.480 e. The van der Waals surface area contributed by atoms with Crippen LogP contribution in [0.3, 0.4) is 0 Å². The van der Waals surface area contributed by atoms with E-state index in [1.807, 2.05) is 26.0 Å². The summed E-state index contributed by atoms with van der Waals surface area (Å²) in [6.07, 6.45) is 0. The lowest BCUT2D eigenvalue weighted by Gasteiger charge is -2.20. The average molecular weight is 274 g/mol. The van der Waals surface area contributed by atoms with Crippen LogP contribution >= 0.6 is 0 Å². The number of carbonyl (C=O) groups excluding carboxylic acids is 1. The topological polar surface area (TPSA) is 73.4 Å². The lowest BCUT2D eigenvalue weighted by Crippen LogP contribution is -2.40. The predicted molar refractivity (Wildman–Crippen MR) is 77.0 cm³/mol. The molecule has 20 heavy (non-hydrogen) atoms. The van der Waals surface area contributed by atoms with Gasteiger partial charge in [0.15, 0.2) is 0 Å². The highest BCUT2D eigenvalue weighted by Crippen LogP contribution is 2.22. The van der Waals surface area contributed by atoms with Crippen molar-refractivity contribution in [2.24, 2.45) is 0 Å². The van der Waals surface area contributed by atoms with Crippen LogP contribution in [0.15, 0.2) is 18.2 Å². The van der Waals surface area contributed by atoms with Gasteiger partial charge in [-0.3, -0.25) is 4.79 Å². The molecule has 1 heterocycles. The first kappa shape index (κ1) is 14.1. The number of amides is 1. The summed E-state index contributed by atoms with van der Waals surface area (Å²) in [5.74, 6) is -1.35. The lowest BCUT2D eigenvalue weighted by atomic mass is 10.1. The Kier molecular flexibility index (Phi) is 3.53. The van der Waals surface area contributed by atoms with Crippen LogP contribution in [-0.4, -0.2) is 40.0 Å². The van der Waals surface area contributed by atoms with Crippen LogP contribution in [0.25, 0.3) is 10.9 Å². The summed E-state index contributed by atoms with van der Waals surface area (Å²) in [6, 6.07) is 4.93. The Hall–Kier alpha value is -2.30. The maximum Gasteiger partial charge on any atom is 0.326 e. The standard InChI is InChI=1S/C15H18N2O3/c1-8-5-9(2)11-7-13(16-12(11)6-8)14(18)17(4)10(3)15(19)20/h5-7,10,16H,1-4H3,(H,19,20). The van der Waals surface area contributed by atoms with Gasteiger partial charge < -0.3 is 15.0 Å². The number of nitrogens with zero attached hydrogens (tertiary/aromatic N) is 1. The summed E-state index contributed by atoms with van der Waals surface area (Å²) in [4.78, 5) is 27.5. The molecule has 1 unspecified atom stereocenters. The third kappa shape index (κ3) is 2.39. The van der Waals surface area contributed by atoms with Gasteiger partial charge in [0.1, 0.15) is 11.7 Å². The average Bonchev–Trinajstić information content (AvgIpc) is 2.79. The highest BCUT2D eigenvalue weighted by molar-refractivity contribution is 6.00. The van der Waals surface area contributed by atoms with Crippen molar-refractivity contribution < 1.29 is 14.7 Å². The molecule has 5 nitrogen and oxygen atoms in total. The molecule has 0 aliphatic heterocycles. The third-order valence-electron chi connectivity index (χ3n) is 3.58. The zero-order valence-electron chi connectivity index (χ0n) is 12.0. The van der Waals surface area contributed by atoms with Gasteiger partial charge in [-0.05, 0) is 44.0 Å². The molecular weight excluding hydrogens is 256 g/mol. The van der Waals surface area contributed by atoms with Gasteiger partial charge in [0, 0.05) is 18.0 Å². The fourth-order valence-corrected chi connectivity index (χ4v) is 2.25. The summed E-state index contributed by atoms with van der Waals surface area (Å²) < 4.78 is 0. The van der Waals surface area contributed by atoms with Gasteiger partial charge in [-0.2, -0.15) is 0 Å². The normalized spacial score (nSPS) is 12.4. The highest BCUT2D eigenvalue weighted by Gasteiger charge is 2.24. The van der Waals surface area contributed by atoms with E-state index in [9.17, 15) is 9.59 Å². The summed E-state index contributed by atoms with van der Waals surface area (Å²) in [7, 11) is 1.49. The second-order valence-corrected chi connectivity index (χ2v) is 5.16. The molecule has 1 aromatic heterocycles. The Balaban J connectivity index is 2.41. The first-order valence-corrected chi connectivity index (χ1v) is 6.41. The quantitative estimate of drug-likeness (QED) is 0.902. The molecule has 1 atom stereocenters. The van der Waals surface area contributed by atoms with Gasteiger partial charge in [0.05, 0.1) is 0 Å². The lowest BCUT2D eigenvalue weighted by molar-refractivity contribution is -0.141. The molecule has 2 rings (SSSR count). The van der Waals surface area contributed by atoms with Crippen LogP contribution in [0.5, 0.6) is 0 Å². The number of likely N-dealkylation sites (N-methyl/N-ethyl adjacent to an activating group) is 1. The first-order chi connectivity index (χ1) is 9.31. The van der Waals surface area contributed by atoms with E-state index in [-0.39, 0.29) is 5.91 Å². The third-order valence-corrected chi connectivity index (χ3v) is 3.58. The van der Waals surface area contributed by atoms with Crippen molar-refractivity contribution in [3.05, 3.63) is 35.0 Å². The van der Waals surface area contributed by atoms with Crippen LogP contribution in [0, 0.1) is 13.8 Å². The van der Waals surface area contributed by atoms with E-state index in [0.29, 0.717) is 5.69 Å². The fraction of sp³-hybridized carbons (Fsp3) is 0.333. The van der Waals surface area contributed by atoms with Crippen molar-refractivity contribution in [2.45, 2.75) is 26.8 Å². The van der Waals surface area contributed by atoms with Crippen molar-refractivity contribution >= 4 is 22.8 Å². The number of nitrogens with one attached hydrogen (secondary N) is 1. The van der Waals surface area contributed by atoms with Crippen molar-refractivity contribution in [3.63, 3.8) is 0 Å². The molecule has 106 valence electrons. The summed E-state index contributed by atoms with van der Waals surface area (Å²) in [6.45, 7) is 5.46. The number of fused-ring (bicyclic) bond motifs is 1. The summed E-state index contributed by atoms with van der Waals surface area (Å²) in [5, 5.41) is 9.95. The zero-order chi connectivity index (χ0) is 15.0. The zero-order valence-corrected chi connectivity index (χ0v) is 12.0. The molecule has 0 bridgehead atoms. The van der Waals surface area contributed by atoms with Crippen LogP contribution in [0.1, 0.15) is 28.5 Å². The van der Waals surface area contributed by atoms with Gasteiger partial charge in [0.25, 0.3) is 5.91 Å². The molecular formula is C15H18N2O3. The van der Waals surface area contributed by atoms with Crippen molar-refractivity contribution in [1.29, 1.82) is 0 Å². The Morgan fingerprint density at radius 1 is 1.25 bits per heavy atom. The van der Waals surface area contributed by atoms with E-state index in [2.05, 4.69) is 4.98 Å². The van der Waals surface area contributed by atoms with E-state index in [1.54, 1.807) is 6.07 Å². The van der Waals surface area contributed by atoms with Gasteiger partial charge >= 0.3 is 5.97 Å². The molecule has 0 spiro atoms. The number of H-pyrrole nitrogens is 1. The molecule has 2 N–H and O–H groups in total. The monoisotopic (exact) mass is 274 g/mol. The molecule has 1 amide bonds. The van der Waals surface area contributed by atoms with Crippen molar-refractivity contribution in [1.82, 2.24) is 9.88 Å². The van der Waals surface area contributed by atoms with Gasteiger partial charge in [-0.15, -0.1) is 0 Å².